The number of nitrogens with zero attached hydrogens (tertiary/aromatic N) is 1. The molecule has 3 aliphatic heterocycles. The number of amides is 1. The molecule has 0 radical (unpaired) electrons. The molecule has 3 heterocycles. The van der Waals surface area contributed by atoms with E-state index in [1.807, 2.05) is 23.1 Å². The van der Waals surface area contributed by atoms with Crippen molar-refractivity contribution in [3.8, 4) is 5.75 Å². The van der Waals surface area contributed by atoms with Crippen LogP contribution in [0.5, 0.6) is 5.75 Å². The lowest BCUT2D eigenvalue weighted by Crippen LogP contribution is -2.57. The van der Waals surface area contributed by atoms with Crippen molar-refractivity contribution in [2.75, 3.05) is 32.8 Å². The van der Waals surface area contributed by atoms with Crippen LogP contribution in [-0.4, -0.2) is 55.8 Å². The third kappa shape index (κ3) is 3.27. The Morgan fingerprint density at radius 2 is 2.12 bits per heavy atom. The van der Waals surface area contributed by atoms with E-state index in [0.29, 0.717) is 19.2 Å². The predicted octanol–water partition coefficient (Wildman–Crippen LogP) is 0.682. The van der Waals surface area contributed by atoms with E-state index in [0.717, 1.165) is 43.1 Å². The smallest absolute Gasteiger partial charge is 0.255 e. The highest BCUT2D eigenvalue weighted by Crippen LogP contribution is 2.28. The number of rotatable bonds is 4. The Labute approximate surface area is 142 Å². The van der Waals surface area contributed by atoms with Gasteiger partial charge in [-0.15, -0.1) is 0 Å². The van der Waals surface area contributed by atoms with Crippen molar-refractivity contribution in [3.05, 3.63) is 29.3 Å². The molecule has 1 amide bonds. The monoisotopic (exact) mass is 330 g/mol. The fraction of sp³-hybridized carbons (Fsp3) is 0.611. The SMILES string of the molecule is O=C1c2ccc(OC[C@H]3CCCCN3)cc2CN1C1CNCCN1. The number of ether oxygens (including phenoxy) is 1. The normalized spacial score (nSPS) is 27.2. The second-order valence-electron chi connectivity index (χ2n) is 6.88. The molecule has 0 aromatic heterocycles. The van der Waals surface area contributed by atoms with Crippen molar-refractivity contribution in [3.63, 3.8) is 0 Å². The molecule has 130 valence electrons. The second-order valence-corrected chi connectivity index (χ2v) is 6.88. The molecular formula is C18H26N4O2. The summed E-state index contributed by atoms with van der Waals surface area (Å²) in [5.74, 6) is 0.984. The van der Waals surface area contributed by atoms with Crippen molar-refractivity contribution in [2.24, 2.45) is 0 Å². The summed E-state index contributed by atoms with van der Waals surface area (Å²) >= 11 is 0. The van der Waals surface area contributed by atoms with Crippen LogP contribution in [0.1, 0.15) is 35.2 Å². The highest BCUT2D eigenvalue weighted by molar-refractivity contribution is 5.98. The first-order valence-corrected chi connectivity index (χ1v) is 9.05. The minimum absolute atomic E-state index is 0.0782. The molecule has 6 heteroatoms. The molecule has 0 spiro atoms. The van der Waals surface area contributed by atoms with Crippen molar-refractivity contribution in [1.29, 1.82) is 0 Å². The van der Waals surface area contributed by atoms with E-state index in [9.17, 15) is 4.79 Å². The molecule has 4 rings (SSSR count). The van der Waals surface area contributed by atoms with Crippen LogP contribution in [0.15, 0.2) is 18.2 Å². The first kappa shape index (κ1) is 15.9. The van der Waals surface area contributed by atoms with Crippen LogP contribution in [-0.2, 0) is 6.54 Å². The number of carbonyl (C=O) groups is 1. The fourth-order valence-electron chi connectivity index (χ4n) is 3.78. The zero-order valence-corrected chi connectivity index (χ0v) is 14.0. The highest BCUT2D eigenvalue weighted by atomic mass is 16.5. The Balaban J connectivity index is 1.40. The maximum Gasteiger partial charge on any atom is 0.255 e. The summed E-state index contributed by atoms with van der Waals surface area (Å²) < 4.78 is 5.97. The van der Waals surface area contributed by atoms with Crippen LogP contribution in [0.25, 0.3) is 0 Å². The summed E-state index contributed by atoms with van der Waals surface area (Å²) in [6.45, 7) is 5.10. The molecule has 6 nitrogen and oxygen atoms in total. The lowest BCUT2D eigenvalue weighted by Gasteiger charge is -2.32. The average molecular weight is 330 g/mol. The first-order chi connectivity index (χ1) is 11.8. The van der Waals surface area contributed by atoms with Crippen LogP contribution in [0.4, 0.5) is 0 Å². The van der Waals surface area contributed by atoms with E-state index >= 15 is 0 Å². The van der Waals surface area contributed by atoms with Gasteiger partial charge in [0.15, 0.2) is 0 Å². The molecular weight excluding hydrogens is 304 g/mol. The average Bonchev–Trinajstić information content (AvgIpc) is 2.98. The second kappa shape index (κ2) is 7.09. The quantitative estimate of drug-likeness (QED) is 0.758. The van der Waals surface area contributed by atoms with Gasteiger partial charge in [-0.25, -0.2) is 0 Å². The third-order valence-corrected chi connectivity index (χ3v) is 5.17. The van der Waals surface area contributed by atoms with Gasteiger partial charge in [-0.05, 0) is 43.1 Å². The highest BCUT2D eigenvalue weighted by Gasteiger charge is 2.33. The Bertz CT molecular complexity index is 595. The topological polar surface area (TPSA) is 65.6 Å². The molecule has 0 bridgehead atoms. The zero-order chi connectivity index (χ0) is 16.4. The number of carbonyl (C=O) groups excluding carboxylic acids is 1. The zero-order valence-electron chi connectivity index (χ0n) is 14.0. The molecule has 0 saturated carbocycles. The lowest BCUT2D eigenvalue weighted by atomic mass is 10.1. The number of piperazine rings is 1. The van der Waals surface area contributed by atoms with E-state index in [2.05, 4.69) is 16.0 Å². The van der Waals surface area contributed by atoms with E-state index in [1.54, 1.807) is 0 Å². The number of hydrogen-bond acceptors (Lipinski definition) is 5. The van der Waals surface area contributed by atoms with E-state index < -0.39 is 0 Å². The third-order valence-electron chi connectivity index (χ3n) is 5.17. The van der Waals surface area contributed by atoms with Gasteiger partial charge in [-0.1, -0.05) is 6.42 Å². The molecule has 3 N–H and O–H groups in total. The Hall–Kier alpha value is -1.63. The van der Waals surface area contributed by atoms with Gasteiger partial charge in [-0.2, -0.15) is 0 Å². The minimum Gasteiger partial charge on any atom is -0.492 e. The summed E-state index contributed by atoms with van der Waals surface area (Å²) in [6.07, 6.45) is 3.79. The van der Waals surface area contributed by atoms with Gasteiger partial charge in [-0.3, -0.25) is 10.1 Å². The van der Waals surface area contributed by atoms with Gasteiger partial charge in [0.05, 0.1) is 6.17 Å². The molecule has 1 aromatic rings. The van der Waals surface area contributed by atoms with Gasteiger partial charge >= 0.3 is 0 Å². The van der Waals surface area contributed by atoms with Gasteiger partial charge in [0.25, 0.3) is 5.91 Å². The molecule has 1 aromatic carbocycles. The van der Waals surface area contributed by atoms with Crippen LogP contribution in [0.2, 0.25) is 0 Å². The Morgan fingerprint density at radius 3 is 2.92 bits per heavy atom. The number of hydrogen-bond donors (Lipinski definition) is 3. The first-order valence-electron chi connectivity index (χ1n) is 9.05. The van der Waals surface area contributed by atoms with Crippen molar-refractivity contribution >= 4 is 5.91 Å². The summed E-state index contributed by atoms with van der Waals surface area (Å²) in [4.78, 5) is 14.5. The predicted molar refractivity (Wildman–Crippen MR) is 92.1 cm³/mol. The van der Waals surface area contributed by atoms with Crippen molar-refractivity contribution in [1.82, 2.24) is 20.9 Å². The van der Waals surface area contributed by atoms with Gasteiger partial charge in [0.1, 0.15) is 12.4 Å². The number of piperidine rings is 1. The lowest BCUT2D eigenvalue weighted by molar-refractivity contribution is 0.0646. The minimum atomic E-state index is 0.0782. The Morgan fingerprint density at radius 1 is 1.17 bits per heavy atom. The molecule has 2 atom stereocenters. The summed E-state index contributed by atoms with van der Waals surface area (Å²) in [5.41, 5.74) is 1.88. The maximum absolute atomic E-state index is 12.6. The number of nitrogens with one attached hydrogen (secondary N) is 3. The van der Waals surface area contributed by atoms with E-state index in [1.165, 1.54) is 19.3 Å². The van der Waals surface area contributed by atoms with Gasteiger partial charge < -0.3 is 20.3 Å². The number of fused-ring (bicyclic) bond motifs is 1. The Kier molecular flexibility index (Phi) is 4.69. The fourth-order valence-corrected chi connectivity index (χ4v) is 3.78. The van der Waals surface area contributed by atoms with Gasteiger partial charge in [0, 0.05) is 37.8 Å². The van der Waals surface area contributed by atoms with E-state index in [-0.39, 0.29) is 12.1 Å². The van der Waals surface area contributed by atoms with Crippen LogP contribution in [0, 0.1) is 0 Å². The van der Waals surface area contributed by atoms with Crippen molar-refractivity contribution < 1.29 is 9.53 Å². The largest absolute Gasteiger partial charge is 0.492 e. The molecule has 2 saturated heterocycles. The molecule has 2 fully saturated rings. The van der Waals surface area contributed by atoms with Crippen LogP contribution < -0.4 is 20.7 Å². The van der Waals surface area contributed by atoms with Gasteiger partial charge in [0.2, 0.25) is 0 Å². The van der Waals surface area contributed by atoms with E-state index in [4.69, 9.17) is 4.74 Å². The summed E-state index contributed by atoms with van der Waals surface area (Å²) in [5, 5.41) is 10.2. The molecule has 0 aliphatic carbocycles. The molecule has 1 unspecified atom stereocenters. The van der Waals surface area contributed by atoms with Crippen LogP contribution in [0.3, 0.4) is 0 Å². The molecule has 3 aliphatic rings. The number of benzene rings is 1. The maximum atomic E-state index is 12.6. The van der Waals surface area contributed by atoms with Crippen molar-refractivity contribution in [2.45, 2.75) is 38.0 Å². The summed E-state index contributed by atoms with van der Waals surface area (Å²) in [7, 11) is 0. The standard InChI is InChI=1S/C18H26N4O2/c23-18-16-5-4-15(24-12-14-3-1-2-6-20-14)9-13(16)11-22(18)17-10-19-7-8-21-17/h4-5,9,14,17,19-21H,1-3,6-8,10-12H2/t14-,17?/m1/s1. The summed E-state index contributed by atoms with van der Waals surface area (Å²) in [6, 6.07) is 6.32. The molecule has 24 heavy (non-hydrogen) atoms. The van der Waals surface area contributed by atoms with Crippen LogP contribution >= 0.6 is 0 Å².